The predicted molar refractivity (Wildman–Crippen MR) is 94.3 cm³/mol. The highest BCUT2D eigenvalue weighted by Crippen LogP contribution is 2.40. The van der Waals surface area contributed by atoms with Gasteiger partial charge in [-0.15, -0.1) is 0 Å². The molecule has 2 saturated carbocycles. The molecule has 0 aromatic rings. The highest BCUT2D eigenvalue weighted by atomic mass is 16.5. The Balaban J connectivity index is 1.42. The van der Waals surface area contributed by atoms with Crippen molar-refractivity contribution >= 4 is 11.8 Å². The molecule has 2 saturated heterocycles. The van der Waals surface area contributed by atoms with E-state index < -0.39 is 0 Å². The first-order valence-corrected chi connectivity index (χ1v) is 10.0. The number of carbonyl (C=O) groups is 2. The number of ketones is 1. The Kier molecular flexibility index (Phi) is 4.85. The number of hydrogen-bond acceptors (Lipinski definition) is 5. The Morgan fingerprint density at radius 2 is 1.88 bits per heavy atom. The Bertz CT molecular complexity index is 565. The van der Waals surface area contributed by atoms with Crippen LogP contribution in [0, 0.1) is 17.8 Å². The number of methoxy groups -OCH3 is 1. The zero-order chi connectivity index (χ0) is 17.4. The van der Waals surface area contributed by atoms with E-state index in [1.807, 2.05) is 0 Å². The van der Waals surface area contributed by atoms with Crippen molar-refractivity contribution in [1.82, 2.24) is 10.0 Å². The molecule has 0 radical (unpaired) electrons. The van der Waals surface area contributed by atoms with Crippen molar-refractivity contribution in [3.05, 3.63) is 11.8 Å². The van der Waals surface area contributed by atoms with Crippen molar-refractivity contribution in [2.45, 2.75) is 63.8 Å². The van der Waals surface area contributed by atoms with Gasteiger partial charge in [0.05, 0.1) is 19.6 Å². The van der Waals surface area contributed by atoms with Gasteiger partial charge >= 0.3 is 5.97 Å². The molecule has 5 nitrogen and oxygen atoms in total. The molecule has 138 valence electrons. The van der Waals surface area contributed by atoms with Gasteiger partial charge in [0.25, 0.3) is 0 Å². The monoisotopic (exact) mass is 346 g/mol. The lowest BCUT2D eigenvalue weighted by Gasteiger charge is -2.47. The summed E-state index contributed by atoms with van der Waals surface area (Å²) in [5.41, 5.74) is 1.35. The van der Waals surface area contributed by atoms with E-state index in [4.69, 9.17) is 4.74 Å². The number of ether oxygens (including phenoxy) is 1. The summed E-state index contributed by atoms with van der Waals surface area (Å²) in [6.45, 7) is 1.64. The molecule has 5 heteroatoms. The molecule has 0 N–H and O–H groups in total. The highest BCUT2D eigenvalue weighted by molar-refractivity contribution is 5.84. The molecule has 2 unspecified atom stereocenters. The second-order valence-electron chi connectivity index (χ2n) is 8.19. The van der Waals surface area contributed by atoms with Crippen molar-refractivity contribution < 1.29 is 14.3 Å². The van der Waals surface area contributed by atoms with E-state index in [-0.39, 0.29) is 17.8 Å². The maximum absolute atomic E-state index is 12.6. The summed E-state index contributed by atoms with van der Waals surface area (Å²) < 4.78 is 4.88. The van der Waals surface area contributed by atoms with Crippen LogP contribution in [0.2, 0.25) is 0 Å². The average molecular weight is 346 g/mol. The number of rotatable bonds is 2. The second kappa shape index (κ2) is 7.10. The quantitative estimate of drug-likeness (QED) is 0.720. The van der Waals surface area contributed by atoms with Crippen LogP contribution in [0.3, 0.4) is 0 Å². The van der Waals surface area contributed by atoms with E-state index in [1.54, 1.807) is 0 Å². The van der Waals surface area contributed by atoms with Gasteiger partial charge < -0.3 is 9.75 Å². The van der Waals surface area contributed by atoms with Gasteiger partial charge in [-0.1, -0.05) is 18.9 Å². The van der Waals surface area contributed by atoms with Crippen LogP contribution in [0.5, 0.6) is 0 Å². The third kappa shape index (κ3) is 3.23. The minimum absolute atomic E-state index is 0.0527. The van der Waals surface area contributed by atoms with E-state index in [9.17, 15) is 9.59 Å². The van der Waals surface area contributed by atoms with Gasteiger partial charge in [-0.3, -0.25) is 9.59 Å². The smallest absolute Gasteiger partial charge is 0.308 e. The van der Waals surface area contributed by atoms with Crippen LogP contribution in [0.25, 0.3) is 0 Å². The standard InChI is InChI=1S/C20H30N2O3/c1-25-20(24)15-8-6-14(7-9-15)12-16-10-11-21-18-5-3-2-4-17(18)19(23)13-22(16)21/h12,14-15,17-18H,2-11,13H2,1H3/b16-12+. The summed E-state index contributed by atoms with van der Waals surface area (Å²) in [5.74, 6) is 1.29. The predicted octanol–water partition coefficient (Wildman–Crippen LogP) is 2.91. The fraction of sp³-hybridized carbons (Fsp3) is 0.800. The van der Waals surface area contributed by atoms with Crippen LogP contribution >= 0.6 is 0 Å². The zero-order valence-corrected chi connectivity index (χ0v) is 15.3. The molecule has 2 aliphatic carbocycles. The molecule has 2 heterocycles. The van der Waals surface area contributed by atoms with Gasteiger partial charge in [0, 0.05) is 30.6 Å². The summed E-state index contributed by atoms with van der Waals surface area (Å²) in [5, 5.41) is 4.79. The third-order valence-corrected chi connectivity index (χ3v) is 6.80. The van der Waals surface area contributed by atoms with Crippen LogP contribution < -0.4 is 0 Å². The maximum atomic E-state index is 12.6. The van der Waals surface area contributed by atoms with Crippen molar-refractivity contribution in [1.29, 1.82) is 0 Å². The first kappa shape index (κ1) is 17.1. The molecule has 0 aromatic heterocycles. The fourth-order valence-corrected chi connectivity index (χ4v) is 5.42. The number of hydrazine groups is 1. The van der Waals surface area contributed by atoms with E-state index in [1.165, 1.54) is 32.1 Å². The van der Waals surface area contributed by atoms with Gasteiger partial charge in [-0.05, 0) is 44.4 Å². The van der Waals surface area contributed by atoms with E-state index in [0.29, 0.717) is 24.3 Å². The van der Waals surface area contributed by atoms with Crippen molar-refractivity contribution in [3.63, 3.8) is 0 Å². The van der Waals surface area contributed by atoms with Crippen molar-refractivity contribution in [2.75, 3.05) is 20.2 Å². The fourth-order valence-electron chi connectivity index (χ4n) is 5.42. The minimum atomic E-state index is -0.0527. The molecule has 25 heavy (non-hydrogen) atoms. The average Bonchev–Trinajstić information content (AvgIpc) is 3.05. The molecule has 0 amide bonds. The Morgan fingerprint density at radius 3 is 2.64 bits per heavy atom. The van der Waals surface area contributed by atoms with Crippen molar-refractivity contribution in [2.24, 2.45) is 17.8 Å². The molecular weight excluding hydrogens is 316 g/mol. The van der Waals surface area contributed by atoms with Crippen molar-refractivity contribution in [3.8, 4) is 0 Å². The number of hydrogen-bond donors (Lipinski definition) is 0. The SMILES string of the molecule is COC(=O)C1CCC(/C=C2\CCN3C4CCCCC4C(=O)CN23)CC1. The lowest BCUT2D eigenvalue weighted by molar-refractivity contribution is -0.147. The zero-order valence-electron chi connectivity index (χ0n) is 15.3. The van der Waals surface area contributed by atoms with Gasteiger partial charge in [0.2, 0.25) is 0 Å². The second-order valence-corrected chi connectivity index (χ2v) is 8.19. The third-order valence-electron chi connectivity index (χ3n) is 6.80. The van der Waals surface area contributed by atoms with Gasteiger partial charge in [0.15, 0.2) is 5.78 Å². The molecule has 4 rings (SSSR count). The molecule has 2 aliphatic heterocycles. The number of carbonyl (C=O) groups excluding carboxylic acids is 2. The number of allylic oxidation sites excluding steroid dienone is 1. The van der Waals surface area contributed by atoms with Crippen LogP contribution in [0.1, 0.15) is 57.8 Å². The molecular formula is C20H30N2O3. The van der Waals surface area contributed by atoms with Crippen LogP contribution in [-0.2, 0) is 14.3 Å². The highest BCUT2D eigenvalue weighted by Gasteiger charge is 2.45. The molecule has 2 atom stereocenters. The number of esters is 1. The first-order valence-electron chi connectivity index (χ1n) is 10.0. The molecule has 0 spiro atoms. The van der Waals surface area contributed by atoms with Gasteiger partial charge in [-0.2, -0.15) is 0 Å². The van der Waals surface area contributed by atoms with Crippen LogP contribution in [-0.4, -0.2) is 48.0 Å². The Hall–Kier alpha value is -1.36. The van der Waals surface area contributed by atoms with E-state index in [2.05, 4.69) is 16.1 Å². The number of nitrogens with zero attached hydrogens (tertiary/aromatic N) is 2. The van der Waals surface area contributed by atoms with E-state index in [0.717, 1.165) is 45.1 Å². The number of fused-ring (bicyclic) bond motifs is 3. The Morgan fingerprint density at radius 1 is 1.12 bits per heavy atom. The Labute approximate surface area is 150 Å². The van der Waals surface area contributed by atoms with E-state index >= 15 is 0 Å². The topological polar surface area (TPSA) is 49.9 Å². The normalized spacial score (nSPS) is 37.7. The van der Waals surface area contributed by atoms with Crippen LogP contribution in [0.15, 0.2) is 11.8 Å². The summed E-state index contributed by atoms with van der Waals surface area (Å²) in [6, 6.07) is 0.441. The summed E-state index contributed by atoms with van der Waals surface area (Å²) in [4.78, 5) is 24.3. The largest absolute Gasteiger partial charge is 0.469 e. The molecule has 0 bridgehead atoms. The summed E-state index contributed by atoms with van der Waals surface area (Å²) in [7, 11) is 1.48. The number of Topliss-reactive ketones (excluding diaryl/α,β-unsaturated/α-hetero) is 1. The summed E-state index contributed by atoms with van der Waals surface area (Å²) >= 11 is 0. The minimum Gasteiger partial charge on any atom is -0.469 e. The first-order chi connectivity index (χ1) is 12.2. The van der Waals surface area contributed by atoms with Crippen LogP contribution in [0.4, 0.5) is 0 Å². The lowest BCUT2D eigenvalue weighted by atomic mass is 9.80. The summed E-state index contributed by atoms with van der Waals surface area (Å²) in [6.07, 6.45) is 12.2. The maximum Gasteiger partial charge on any atom is 0.308 e. The lowest BCUT2D eigenvalue weighted by Crippen LogP contribution is -2.57. The molecule has 0 aromatic carbocycles. The van der Waals surface area contributed by atoms with Gasteiger partial charge in [0.1, 0.15) is 0 Å². The van der Waals surface area contributed by atoms with Gasteiger partial charge in [-0.25, -0.2) is 5.01 Å². The molecule has 4 fully saturated rings. The molecule has 4 aliphatic rings.